The molecule has 1 heterocycles. The Hall–Kier alpha value is -1.99. The number of anilines is 1. The van der Waals surface area contributed by atoms with Crippen LogP contribution in [0.2, 0.25) is 0 Å². The zero-order valence-corrected chi connectivity index (χ0v) is 13.3. The van der Waals surface area contributed by atoms with Gasteiger partial charge in [-0.1, -0.05) is 24.4 Å². The van der Waals surface area contributed by atoms with E-state index in [1.807, 2.05) is 0 Å². The molecule has 0 amide bonds. The molecule has 2 N–H and O–H groups in total. The first-order chi connectivity index (χ1) is 9.84. The van der Waals surface area contributed by atoms with Crippen LogP contribution in [0.1, 0.15) is 11.1 Å². The summed E-state index contributed by atoms with van der Waals surface area (Å²) in [5.74, 6) is 0.355. The first kappa shape index (κ1) is 15.4. The second-order valence-electron chi connectivity index (χ2n) is 4.50. The number of hydrogen-bond donors (Lipinski definition) is 1. The normalized spacial score (nSPS) is 11.1. The molecule has 21 heavy (non-hydrogen) atoms. The number of nitrogens with two attached hydrogens (primary N) is 1. The lowest BCUT2D eigenvalue weighted by molar-refractivity contribution is 0.594. The van der Waals surface area contributed by atoms with Gasteiger partial charge >= 0.3 is 0 Å². The van der Waals surface area contributed by atoms with Gasteiger partial charge in [-0.2, -0.15) is 0 Å². The molecule has 0 aliphatic rings. The van der Waals surface area contributed by atoms with Gasteiger partial charge in [-0.25, -0.2) is 13.4 Å². The Balaban J connectivity index is 2.45. The summed E-state index contributed by atoms with van der Waals surface area (Å²) in [5.41, 5.74) is 6.98. The number of sulfonamides is 1. The van der Waals surface area contributed by atoms with Crippen molar-refractivity contribution in [2.24, 2.45) is 5.73 Å². The Bertz CT molecular complexity index is 774. The fraction of sp³-hybridized carbons (Fsp3) is 0.143. The first-order valence-corrected chi connectivity index (χ1v) is 7.99. The third-order valence-electron chi connectivity index (χ3n) is 3.09. The van der Waals surface area contributed by atoms with E-state index in [1.54, 1.807) is 43.5 Å². The number of hydrogen-bond acceptors (Lipinski definition) is 4. The number of benzene rings is 1. The Morgan fingerprint density at radius 1 is 1.29 bits per heavy atom. The van der Waals surface area contributed by atoms with Crippen molar-refractivity contribution in [2.45, 2.75) is 11.8 Å². The molecule has 7 heteroatoms. The lowest BCUT2D eigenvalue weighted by atomic mass is 10.1. The van der Waals surface area contributed by atoms with E-state index in [0.717, 1.165) is 9.87 Å². The summed E-state index contributed by atoms with van der Waals surface area (Å²) >= 11 is 4.92. The molecule has 5 nitrogen and oxygen atoms in total. The third-order valence-corrected chi connectivity index (χ3v) is 5.07. The molecule has 0 saturated carbocycles. The quantitative estimate of drug-likeness (QED) is 0.870. The summed E-state index contributed by atoms with van der Waals surface area (Å²) < 4.78 is 26.3. The van der Waals surface area contributed by atoms with Crippen molar-refractivity contribution in [3.05, 3.63) is 53.7 Å². The van der Waals surface area contributed by atoms with Crippen molar-refractivity contribution in [1.29, 1.82) is 0 Å². The predicted molar refractivity (Wildman–Crippen MR) is 86.9 cm³/mol. The molecule has 0 aliphatic carbocycles. The van der Waals surface area contributed by atoms with Crippen LogP contribution in [-0.2, 0) is 10.0 Å². The summed E-state index contributed by atoms with van der Waals surface area (Å²) in [4.78, 5) is 4.46. The molecule has 2 rings (SSSR count). The zero-order chi connectivity index (χ0) is 15.6. The van der Waals surface area contributed by atoms with Crippen LogP contribution in [0, 0.1) is 6.92 Å². The van der Waals surface area contributed by atoms with Crippen molar-refractivity contribution < 1.29 is 8.42 Å². The minimum Gasteiger partial charge on any atom is -0.389 e. The van der Waals surface area contributed by atoms with E-state index in [2.05, 4.69) is 4.98 Å². The average molecular weight is 321 g/mol. The minimum absolute atomic E-state index is 0.174. The number of rotatable bonds is 4. The van der Waals surface area contributed by atoms with E-state index >= 15 is 0 Å². The van der Waals surface area contributed by atoms with Crippen LogP contribution in [0.5, 0.6) is 0 Å². The lowest BCUT2D eigenvalue weighted by Crippen LogP contribution is -2.27. The van der Waals surface area contributed by atoms with Crippen LogP contribution in [0.15, 0.2) is 47.5 Å². The Kier molecular flexibility index (Phi) is 4.24. The highest BCUT2D eigenvalue weighted by atomic mass is 32.2. The molecule has 0 saturated heterocycles. The number of aromatic nitrogens is 1. The summed E-state index contributed by atoms with van der Waals surface area (Å²) in [6.45, 7) is 1.77. The summed E-state index contributed by atoms with van der Waals surface area (Å²) in [7, 11) is -2.20. The maximum Gasteiger partial charge on any atom is 0.265 e. The minimum atomic E-state index is -3.67. The van der Waals surface area contributed by atoms with Crippen molar-refractivity contribution in [3.63, 3.8) is 0 Å². The molecule has 1 aromatic carbocycles. The zero-order valence-electron chi connectivity index (χ0n) is 11.6. The van der Waals surface area contributed by atoms with Gasteiger partial charge in [0.25, 0.3) is 10.0 Å². The molecule has 0 spiro atoms. The molecule has 2 aromatic rings. The van der Waals surface area contributed by atoms with E-state index in [-0.39, 0.29) is 9.88 Å². The van der Waals surface area contributed by atoms with E-state index in [0.29, 0.717) is 11.4 Å². The molecule has 0 atom stereocenters. The summed E-state index contributed by atoms with van der Waals surface area (Å²) in [6.07, 6.45) is 1.54. The SMILES string of the molecule is Cc1cc(S(=O)(=O)N(C)c2ccccn2)ccc1C(N)=S. The Morgan fingerprint density at radius 3 is 2.52 bits per heavy atom. The Labute approximate surface area is 129 Å². The standard InChI is InChI=1S/C14H15N3O2S2/c1-10-9-11(6-7-12(10)14(15)20)21(18,19)17(2)13-5-3-4-8-16-13/h3-9H,1-2H3,(H2,15,20). The highest BCUT2D eigenvalue weighted by molar-refractivity contribution is 7.92. The maximum absolute atomic E-state index is 12.6. The monoisotopic (exact) mass is 321 g/mol. The summed E-state index contributed by atoms with van der Waals surface area (Å²) in [6, 6.07) is 9.77. The number of pyridine rings is 1. The van der Waals surface area contributed by atoms with Gasteiger partial charge < -0.3 is 5.73 Å². The number of aryl methyl sites for hydroxylation is 1. The lowest BCUT2D eigenvalue weighted by Gasteiger charge is -2.19. The second kappa shape index (κ2) is 5.79. The van der Waals surface area contributed by atoms with Gasteiger partial charge in [0.1, 0.15) is 10.8 Å². The Morgan fingerprint density at radius 2 is 2.00 bits per heavy atom. The predicted octanol–water partition coefficient (Wildman–Crippen LogP) is 1.85. The summed E-state index contributed by atoms with van der Waals surface area (Å²) in [5, 5.41) is 0. The molecule has 0 aliphatic heterocycles. The van der Waals surface area contributed by atoms with Crippen molar-refractivity contribution in [3.8, 4) is 0 Å². The van der Waals surface area contributed by atoms with E-state index in [1.165, 1.54) is 13.1 Å². The highest BCUT2D eigenvalue weighted by Gasteiger charge is 2.22. The molecule has 0 unspecified atom stereocenters. The van der Waals surface area contributed by atoms with Gasteiger partial charge in [0.15, 0.2) is 0 Å². The van der Waals surface area contributed by atoms with E-state index in [4.69, 9.17) is 18.0 Å². The van der Waals surface area contributed by atoms with E-state index in [9.17, 15) is 8.42 Å². The van der Waals surface area contributed by atoms with Gasteiger partial charge in [0.05, 0.1) is 4.90 Å². The molecule has 1 aromatic heterocycles. The van der Waals surface area contributed by atoms with Crippen LogP contribution < -0.4 is 10.0 Å². The molecular weight excluding hydrogens is 306 g/mol. The van der Waals surface area contributed by atoms with Crippen molar-refractivity contribution in [2.75, 3.05) is 11.4 Å². The molecular formula is C14H15N3O2S2. The van der Waals surface area contributed by atoms with E-state index < -0.39 is 10.0 Å². The molecule has 0 bridgehead atoms. The van der Waals surface area contributed by atoms with Crippen LogP contribution >= 0.6 is 12.2 Å². The number of nitrogens with zero attached hydrogens (tertiary/aromatic N) is 2. The average Bonchev–Trinajstić information content (AvgIpc) is 2.46. The largest absolute Gasteiger partial charge is 0.389 e. The topological polar surface area (TPSA) is 76.3 Å². The van der Waals surface area contributed by atoms with Gasteiger partial charge in [-0.05, 0) is 36.8 Å². The smallest absolute Gasteiger partial charge is 0.265 e. The maximum atomic E-state index is 12.6. The molecule has 110 valence electrons. The third kappa shape index (κ3) is 3.03. The van der Waals surface area contributed by atoms with Crippen LogP contribution in [-0.4, -0.2) is 25.4 Å². The highest BCUT2D eigenvalue weighted by Crippen LogP contribution is 2.22. The number of thiocarbonyl (C=S) groups is 1. The van der Waals surface area contributed by atoms with Gasteiger partial charge in [0.2, 0.25) is 0 Å². The van der Waals surface area contributed by atoms with Gasteiger partial charge in [-0.15, -0.1) is 0 Å². The van der Waals surface area contributed by atoms with Crippen molar-refractivity contribution in [1.82, 2.24) is 4.98 Å². The second-order valence-corrected chi connectivity index (χ2v) is 6.91. The van der Waals surface area contributed by atoms with Gasteiger partial charge in [0, 0.05) is 18.8 Å². The van der Waals surface area contributed by atoms with Crippen molar-refractivity contribution >= 4 is 33.0 Å². The van der Waals surface area contributed by atoms with Gasteiger partial charge in [-0.3, -0.25) is 4.31 Å². The molecule has 0 fully saturated rings. The van der Waals surface area contributed by atoms with Crippen LogP contribution in [0.3, 0.4) is 0 Å². The fourth-order valence-corrected chi connectivity index (χ4v) is 3.36. The molecule has 0 radical (unpaired) electrons. The van der Waals surface area contributed by atoms with Crippen LogP contribution in [0.25, 0.3) is 0 Å². The first-order valence-electron chi connectivity index (χ1n) is 6.14. The van der Waals surface area contributed by atoms with Crippen LogP contribution in [0.4, 0.5) is 5.82 Å². The fourth-order valence-electron chi connectivity index (χ4n) is 1.89.